The Kier molecular flexibility index (Phi) is 4.86. The largest absolute Gasteiger partial charge is 0.366 e. The lowest BCUT2D eigenvalue weighted by Crippen LogP contribution is -2.22. The summed E-state index contributed by atoms with van der Waals surface area (Å²) >= 11 is 0. The number of para-hydroxylation sites is 1. The summed E-state index contributed by atoms with van der Waals surface area (Å²) in [6, 6.07) is 8.89. The molecule has 2 aromatic carbocycles. The molecule has 3 aromatic rings. The summed E-state index contributed by atoms with van der Waals surface area (Å²) in [6.45, 7) is 5.50. The first-order valence-corrected chi connectivity index (χ1v) is 8.59. The van der Waals surface area contributed by atoms with E-state index in [1.165, 1.54) is 6.07 Å². The van der Waals surface area contributed by atoms with Crippen molar-refractivity contribution in [2.24, 2.45) is 5.73 Å². The van der Waals surface area contributed by atoms with Crippen LogP contribution in [0.1, 0.15) is 36.2 Å². The van der Waals surface area contributed by atoms with Crippen molar-refractivity contribution < 1.29 is 9.18 Å². The lowest BCUT2D eigenvalue weighted by Gasteiger charge is -2.17. The van der Waals surface area contributed by atoms with E-state index in [9.17, 15) is 9.18 Å². The van der Waals surface area contributed by atoms with Crippen LogP contribution in [0, 0.1) is 5.82 Å². The van der Waals surface area contributed by atoms with Crippen molar-refractivity contribution in [3.8, 4) is 0 Å². The van der Waals surface area contributed by atoms with E-state index in [4.69, 9.17) is 5.73 Å². The topological polar surface area (TPSA) is 70.9 Å². The predicted molar refractivity (Wildman–Crippen MR) is 101 cm³/mol. The Morgan fingerprint density at radius 1 is 1.24 bits per heavy atom. The fourth-order valence-electron chi connectivity index (χ4n) is 3.34. The molecular weight excluding hydrogens is 317 g/mol. The summed E-state index contributed by atoms with van der Waals surface area (Å²) in [5.41, 5.74) is 8.56. The van der Waals surface area contributed by atoms with Crippen LogP contribution in [0.3, 0.4) is 0 Å². The van der Waals surface area contributed by atoms with Crippen molar-refractivity contribution in [2.45, 2.75) is 20.3 Å². The highest BCUT2D eigenvalue weighted by atomic mass is 19.1. The Labute approximate surface area is 145 Å². The van der Waals surface area contributed by atoms with Gasteiger partial charge in [-0.2, -0.15) is 0 Å². The minimum absolute atomic E-state index is 0.182. The van der Waals surface area contributed by atoms with E-state index < -0.39 is 11.7 Å². The molecule has 0 saturated heterocycles. The maximum Gasteiger partial charge on any atom is 0.250 e. The van der Waals surface area contributed by atoms with E-state index in [1.54, 1.807) is 0 Å². The van der Waals surface area contributed by atoms with E-state index in [0.717, 1.165) is 34.8 Å². The third-order valence-electron chi connectivity index (χ3n) is 4.35. The summed E-state index contributed by atoms with van der Waals surface area (Å²) in [5, 5.41) is 4.89. The van der Waals surface area contributed by atoms with Crippen molar-refractivity contribution >= 4 is 33.3 Å². The van der Waals surface area contributed by atoms with Crippen molar-refractivity contribution in [3.05, 3.63) is 53.4 Å². The summed E-state index contributed by atoms with van der Waals surface area (Å²) in [7, 11) is 0. The van der Waals surface area contributed by atoms with Gasteiger partial charge in [-0.05, 0) is 30.7 Å². The number of aromatic nitrogens is 1. The molecule has 0 spiro atoms. The number of amides is 1. The number of benzene rings is 2. The van der Waals surface area contributed by atoms with Crippen LogP contribution in [0.4, 0.5) is 4.39 Å². The normalized spacial score (nSPS) is 14.1. The molecule has 0 unspecified atom stereocenters. The highest BCUT2D eigenvalue weighted by Gasteiger charge is 2.22. The van der Waals surface area contributed by atoms with Crippen LogP contribution in [0.15, 0.2) is 36.4 Å². The van der Waals surface area contributed by atoms with Gasteiger partial charge in [0.05, 0.1) is 11.1 Å². The zero-order valence-corrected chi connectivity index (χ0v) is 14.4. The third-order valence-corrected chi connectivity index (χ3v) is 4.35. The average Bonchev–Trinajstić information content (AvgIpc) is 3.02. The Balaban J connectivity index is 0.000000880. The molecule has 1 amide bonds. The number of fused-ring (bicyclic) bond motifs is 3. The van der Waals surface area contributed by atoms with Gasteiger partial charge in [-0.15, -0.1) is 0 Å². The number of halogens is 1. The Morgan fingerprint density at radius 2 is 2.00 bits per heavy atom. The number of primary amides is 1. The molecule has 4 N–H and O–H groups in total. The first-order chi connectivity index (χ1) is 12.2. The van der Waals surface area contributed by atoms with E-state index in [0.29, 0.717) is 17.6 Å². The monoisotopic (exact) mass is 339 g/mol. The summed E-state index contributed by atoms with van der Waals surface area (Å²) < 4.78 is 14.8. The van der Waals surface area contributed by atoms with Crippen LogP contribution in [-0.4, -0.2) is 24.0 Å². The van der Waals surface area contributed by atoms with Crippen LogP contribution < -0.4 is 11.1 Å². The van der Waals surface area contributed by atoms with E-state index in [2.05, 4.69) is 16.4 Å². The number of rotatable bonds is 2. The number of nitrogens with two attached hydrogens (primary N) is 1. The standard InChI is InChI=1S/C18H16FN3O.C2H6/c19-13-8-12(18(20)23)17-16(11-5-1-2-6-14(11)22-17)15(13)10-4-3-7-21-9-10;1-2/h1-2,4-6,8,21-22H,3,7,9H2,(H2,20,23);1-2H3. The number of aromatic amines is 1. The van der Waals surface area contributed by atoms with Gasteiger partial charge in [-0.25, -0.2) is 4.39 Å². The summed E-state index contributed by atoms with van der Waals surface area (Å²) in [5.74, 6) is -1.05. The van der Waals surface area contributed by atoms with Gasteiger partial charge in [0.2, 0.25) is 0 Å². The molecule has 0 atom stereocenters. The molecule has 2 heterocycles. The van der Waals surface area contributed by atoms with Gasteiger partial charge >= 0.3 is 0 Å². The molecule has 1 aliphatic rings. The SMILES string of the molecule is CC.NC(=O)c1cc(F)c(C2=CCCNC2)c2c1[nH]c1ccccc12. The number of H-pyrrole nitrogens is 1. The maximum atomic E-state index is 14.8. The van der Waals surface area contributed by atoms with Crippen LogP contribution in [0.5, 0.6) is 0 Å². The summed E-state index contributed by atoms with van der Waals surface area (Å²) in [6.07, 6.45) is 2.91. The summed E-state index contributed by atoms with van der Waals surface area (Å²) in [4.78, 5) is 15.0. The van der Waals surface area contributed by atoms with Gasteiger partial charge in [0.15, 0.2) is 0 Å². The lowest BCUT2D eigenvalue weighted by molar-refractivity contribution is 0.100. The first-order valence-electron chi connectivity index (χ1n) is 8.59. The van der Waals surface area contributed by atoms with Gasteiger partial charge in [0.1, 0.15) is 5.82 Å². The molecule has 0 saturated carbocycles. The number of carbonyl (C=O) groups excluding carboxylic acids is 1. The fourth-order valence-corrected chi connectivity index (χ4v) is 3.34. The second kappa shape index (κ2) is 7.07. The van der Waals surface area contributed by atoms with Gasteiger partial charge in [-0.1, -0.05) is 38.1 Å². The zero-order chi connectivity index (χ0) is 18.0. The molecular formula is C20H22FN3O. The molecule has 0 aliphatic carbocycles. The molecule has 25 heavy (non-hydrogen) atoms. The smallest absolute Gasteiger partial charge is 0.250 e. The number of nitrogens with one attached hydrogen (secondary N) is 2. The van der Waals surface area contributed by atoms with Crippen LogP contribution in [0.25, 0.3) is 27.4 Å². The second-order valence-electron chi connectivity index (χ2n) is 5.76. The van der Waals surface area contributed by atoms with E-state index >= 15 is 0 Å². The zero-order valence-electron chi connectivity index (χ0n) is 14.4. The molecule has 5 heteroatoms. The quantitative estimate of drug-likeness (QED) is 0.661. The van der Waals surface area contributed by atoms with E-state index in [-0.39, 0.29) is 5.56 Å². The highest BCUT2D eigenvalue weighted by molar-refractivity contribution is 6.18. The molecule has 0 bridgehead atoms. The third kappa shape index (κ3) is 2.91. The van der Waals surface area contributed by atoms with Crippen LogP contribution >= 0.6 is 0 Å². The van der Waals surface area contributed by atoms with Crippen molar-refractivity contribution in [1.82, 2.24) is 10.3 Å². The highest BCUT2D eigenvalue weighted by Crippen LogP contribution is 2.36. The van der Waals surface area contributed by atoms with Gasteiger partial charge in [0, 0.05) is 28.4 Å². The maximum absolute atomic E-state index is 14.8. The average molecular weight is 339 g/mol. The van der Waals surface area contributed by atoms with E-state index in [1.807, 2.05) is 38.1 Å². The molecule has 0 radical (unpaired) electrons. The molecule has 130 valence electrons. The minimum Gasteiger partial charge on any atom is -0.366 e. The molecule has 0 fully saturated rings. The molecule has 1 aliphatic heterocycles. The predicted octanol–water partition coefficient (Wildman–Crippen LogP) is 3.96. The molecule has 1 aromatic heterocycles. The van der Waals surface area contributed by atoms with Gasteiger partial charge in [0.25, 0.3) is 5.91 Å². The van der Waals surface area contributed by atoms with Gasteiger partial charge in [-0.3, -0.25) is 4.79 Å². The van der Waals surface area contributed by atoms with Crippen molar-refractivity contribution in [3.63, 3.8) is 0 Å². The number of carbonyl (C=O) groups is 1. The van der Waals surface area contributed by atoms with Crippen molar-refractivity contribution in [1.29, 1.82) is 0 Å². The lowest BCUT2D eigenvalue weighted by atomic mass is 9.94. The fraction of sp³-hybridized carbons (Fsp3) is 0.250. The number of hydrogen-bond acceptors (Lipinski definition) is 2. The Hall–Kier alpha value is -2.66. The van der Waals surface area contributed by atoms with Gasteiger partial charge < -0.3 is 16.0 Å². The number of hydrogen-bond donors (Lipinski definition) is 3. The Morgan fingerprint density at radius 3 is 2.68 bits per heavy atom. The molecule has 4 nitrogen and oxygen atoms in total. The Bertz CT molecular complexity index is 972. The van der Waals surface area contributed by atoms with Crippen LogP contribution in [-0.2, 0) is 0 Å². The first kappa shape index (κ1) is 17.2. The minimum atomic E-state index is -0.636. The van der Waals surface area contributed by atoms with Crippen LogP contribution in [0.2, 0.25) is 0 Å². The molecule has 4 rings (SSSR count). The second-order valence-corrected chi connectivity index (χ2v) is 5.76. The van der Waals surface area contributed by atoms with Crippen molar-refractivity contribution in [2.75, 3.05) is 13.1 Å².